The summed E-state index contributed by atoms with van der Waals surface area (Å²) in [7, 11) is 1.54. The van der Waals surface area contributed by atoms with Gasteiger partial charge in [-0.1, -0.05) is 23.2 Å². The summed E-state index contributed by atoms with van der Waals surface area (Å²) < 4.78 is 7.88. The number of thiophene rings is 1. The van der Waals surface area contributed by atoms with Crippen molar-refractivity contribution in [3.05, 3.63) is 55.7 Å². The van der Waals surface area contributed by atoms with Crippen LogP contribution >= 0.6 is 34.5 Å². The van der Waals surface area contributed by atoms with Crippen molar-refractivity contribution in [2.45, 2.75) is 6.61 Å². The maximum absolute atomic E-state index is 11.5. The van der Waals surface area contributed by atoms with Gasteiger partial charge in [0.05, 0.1) is 6.07 Å². The van der Waals surface area contributed by atoms with Crippen molar-refractivity contribution < 1.29 is 4.74 Å². The first-order valence-corrected chi connectivity index (χ1v) is 7.65. The van der Waals surface area contributed by atoms with Gasteiger partial charge in [-0.3, -0.25) is 4.79 Å². The predicted octanol–water partition coefficient (Wildman–Crippen LogP) is 3.88. The molecule has 0 aliphatic rings. The van der Waals surface area contributed by atoms with Crippen molar-refractivity contribution in [2.24, 2.45) is 7.05 Å². The van der Waals surface area contributed by atoms with Crippen LogP contribution in [0.1, 0.15) is 4.88 Å². The van der Waals surface area contributed by atoms with Crippen LogP contribution in [0.4, 0.5) is 0 Å². The average Bonchev–Trinajstić information content (AvgIpc) is 2.83. The lowest BCUT2D eigenvalue weighted by Gasteiger charge is -2.06. The van der Waals surface area contributed by atoms with E-state index in [-0.39, 0.29) is 16.5 Å². The third kappa shape index (κ3) is 3.05. The number of aromatic nitrogens is 2. The Kier molecular flexibility index (Phi) is 3.89. The van der Waals surface area contributed by atoms with Crippen LogP contribution in [-0.2, 0) is 13.7 Å². The zero-order chi connectivity index (χ0) is 15.0. The van der Waals surface area contributed by atoms with E-state index >= 15 is 0 Å². The van der Waals surface area contributed by atoms with Crippen LogP contribution in [-0.4, -0.2) is 9.78 Å². The lowest BCUT2D eigenvalue weighted by Crippen LogP contribution is -2.19. The fraction of sp³-hybridized carbons (Fsp3) is 0.143. The van der Waals surface area contributed by atoms with Crippen molar-refractivity contribution in [1.29, 1.82) is 0 Å². The smallest absolute Gasteiger partial charge is 0.270 e. The Bertz CT molecular complexity index is 873. The monoisotopic (exact) mass is 340 g/mol. The van der Waals surface area contributed by atoms with E-state index in [1.165, 1.54) is 13.1 Å². The molecular weight excluding hydrogens is 331 g/mol. The van der Waals surface area contributed by atoms with E-state index in [1.54, 1.807) is 11.3 Å². The highest BCUT2D eigenvalue weighted by molar-refractivity contribution is 7.19. The molecule has 0 bridgehead atoms. The van der Waals surface area contributed by atoms with Gasteiger partial charge in [-0.25, -0.2) is 4.68 Å². The molecule has 0 radical (unpaired) electrons. The van der Waals surface area contributed by atoms with Crippen molar-refractivity contribution in [3.8, 4) is 5.75 Å². The zero-order valence-corrected chi connectivity index (χ0v) is 13.3. The summed E-state index contributed by atoms with van der Waals surface area (Å²) in [6, 6.07) is 9.07. The standard InChI is InChI=1S/C14H10Cl2N2O2S/c1-18-13(19)6-11(14(16)17-18)20-7-10-5-8-4-9(15)2-3-12(8)21-10/h2-6H,7H2,1H3. The molecule has 0 spiro atoms. The summed E-state index contributed by atoms with van der Waals surface area (Å²) in [5.41, 5.74) is -0.266. The Labute approximate surface area is 134 Å². The van der Waals surface area contributed by atoms with E-state index in [9.17, 15) is 4.79 Å². The molecule has 1 aromatic carbocycles. The van der Waals surface area contributed by atoms with Gasteiger partial charge in [0.15, 0.2) is 10.9 Å². The van der Waals surface area contributed by atoms with E-state index in [0.717, 1.165) is 19.6 Å². The Morgan fingerprint density at radius 1 is 1.29 bits per heavy atom. The first-order valence-electron chi connectivity index (χ1n) is 6.07. The molecule has 108 valence electrons. The second-order valence-corrected chi connectivity index (χ2v) is 6.41. The second-order valence-electron chi connectivity index (χ2n) is 4.44. The lowest BCUT2D eigenvalue weighted by molar-refractivity contribution is 0.306. The van der Waals surface area contributed by atoms with Gasteiger partial charge in [-0.05, 0) is 29.7 Å². The van der Waals surface area contributed by atoms with Crippen molar-refractivity contribution in [2.75, 3.05) is 0 Å². The third-order valence-corrected chi connectivity index (χ3v) is 4.50. The lowest BCUT2D eigenvalue weighted by atomic mass is 10.2. The number of halogens is 2. The molecule has 21 heavy (non-hydrogen) atoms. The van der Waals surface area contributed by atoms with Crippen LogP contribution in [0.2, 0.25) is 10.2 Å². The average molecular weight is 341 g/mol. The molecule has 3 aromatic rings. The van der Waals surface area contributed by atoms with Gasteiger partial charge in [0.2, 0.25) is 0 Å². The minimum Gasteiger partial charge on any atom is -0.485 e. The van der Waals surface area contributed by atoms with E-state index < -0.39 is 0 Å². The van der Waals surface area contributed by atoms with E-state index in [2.05, 4.69) is 5.10 Å². The summed E-state index contributed by atoms with van der Waals surface area (Å²) in [5, 5.41) is 5.81. The molecule has 0 unspecified atom stereocenters. The number of fused-ring (bicyclic) bond motifs is 1. The first kappa shape index (κ1) is 14.4. The number of rotatable bonds is 3. The fourth-order valence-corrected chi connectivity index (χ4v) is 3.25. The quantitative estimate of drug-likeness (QED) is 0.726. The van der Waals surface area contributed by atoms with Gasteiger partial charge < -0.3 is 4.74 Å². The molecule has 0 atom stereocenters. The van der Waals surface area contributed by atoms with Crippen LogP contribution in [0.25, 0.3) is 10.1 Å². The zero-order valence-electron chi connectivity index (χ0n) is 11.0. The van der Waals surface area contributed by atoms with Crippen LogP contribution in [0, 0.1) is 0 Å². The highest BCUT2D eigenvalue weighted by Gasteiger charge is 2.08. The number of aryl methyl sites for hydroxylation is 1. The Balaban J connectivity index is 1.83. The third-order valence-electron chi connectivity index (χ3n) is 2.91. The first-order chi connectivity index (χ1) is 10.0. The molecule has 4 nitrogen and oxygen atoms in total. The van der Waals surface area contributed by atoms with E-state index in [4.69, 9.17) is 27.9 Å². The SMILES string of the molecule is Cn1nc(Cl)c(OCc2cc3cc(Cl)ccc3s2)cc1=O. The van der Waals surface area contributed by atoms with Crippen LogP contribution < -0.4 is 10.3 Å². The molecule has 3 rings (SSSR count). The molecular formula is C14H10Cl2N2O2S. The Morgan fingerprint density at radius 2 is 2.10 bits per heavy atom. The number of benzene rings is 1. The minimum absolute atomic E-state index is 0.168. The normalized spacial score (nSPS) is 11.0. The molecule has 0 amide bonds. The summed E-state index contributed by atoms with van der Waals surface area (Å²) in [5.74, 6) is 0.287. The Morgan fingerprint density at radius 3 is 2.90 bits per heavy atom. The van der Waals surface area contributed by atoms with Crippen molar-refractivity contribution in [1.82, 2.24) is 9.78 Å². The van der Waals surface area contributed by atoms with Gasteiger partial charge in [0, 0.05) is 21.6 Å². The van der Waals surface area contributed by atoms with Crippen molar-refractivity contribution >= 4 is 44.6 Å². The summed E-state index contributed by atoms with van der Waals surface area (Å²) >= 11 is 13.5. The molecule has 2 heterocycles. The highest BCUT2D eigenvalue weighted by atomic mass is 35.5. The number of hydrogen-bond donors (Lipinski definition) is 0. The Hall–Kier alpha value is -1.56. The van der Waals surface area contributed by atoms with Gasteiger partial charge in [-0.15, -0.1) is 11.3 Å². The summed E-state index contributed by atoms with van der Waals surface area (Å²) in [4.78, 5) is 12.5. The maximum atomic E-state index is 11.5. The molecule has 0 saturated heterocycles. The molecule has 0 fully saturated rings. The summed E-state index contributed by atoms with van der Waals surface area (Å²) in [6.45, 7) is 0.325. The second kappa shape index (κ2) is 5.67. The van der Waals surface area contributed by atoms with E-state index in [1.807, 2.05) is 24.3 Å². The minimum atomic E-state index is -0.266. The molecule has 2 aromatic heterocycles. The van der Waals surface area contributed by atoms with Gasteiger partial charge in [0.25, 0.3) is 5.56 Å². The maximum Gasteiger partial charge on any atom is 0.270 e. The largest absolute Gasteiger partial charge is 0.485 e. The van der Waals surface area contributed by atoms with Gasteiger partial charge in [-0.2, -0.15) is 5.10 Å². The molecule has 0 aliphatic heterocycles. The van der Waals surface area contributed by atoms with Gasteiger partial charge in [0.1, 0.15) is 6.61 Å². The fourth-order valence-electron chi connectivity index (χ4n) is 1.89. The van der Waals surface area contributed by atoms with Crippen LogP contribution in [0.3, 0.4) is 0 Å². The van der Waals surface area contributed by atoms with E-state index in [0.29, 0.717) is 11.6 Å². The predicted molar refractivity (Wildman–Crippen MR) is 85.7 cm³/mol. The van der Waals surface area contributed by atoms with Crippen molar-refractivity contribution in [3.63, 3.8) is 0 Å². The highest BCUT2D eigenvalue weighted by Crippen LogP contribution is 2.29. The number of nitrogens with zero attached hydrogens (tertiary/aromatic N) is 2. The molecule has 0 aliphatic carbocycles. The number of ether oxygens (including phenoxy) is 1. The van der Waals surface area contributed by atoms with Crippen LogP contribution in [0.15, 0.2) is 35.1 Å². The summed E-state index contributed by atoms with van der Waals surface area (Å²) in [6.07, 6.45) is 0. The molecule has 0 N–H and O–H groups in total. The molecule has 7 heteroatoms. The topological polar surface area (TPSA) is 44.1 Å². The van der Waals surface area contributed by atoms with Gasteiger partial charge >= 0.3 is 0 Å². The number of hydrogen-bond acceptors (Lipinski definition) is 4. The van der Waals surface area contributed by atoms with Crippen LogP contribution in [0.5, 0.6) is 5.75 Å². The molecule has 0 saturated carbocycles.